The van der Waals surface area contributed by atoms with Crippen LogP contribution in [0.4, 0.5) is 11.4 Å². The molecule has 2 amide bonds. The van der Waals surface area contributed by atoms with Gasteiger partial charge in [-0.05, 0) is 51.5 Å². The van der Waals surface area contributed by atoms with Crippen LogP contribution in [0.15, 0.2) is 45.3 Å². The highest BCUT2D eigenvalue weighted by molar-refractivity contribution is 6.14. The molecule has 8 heteroatoms. The summed E-state index contributed by atoms with van der Waals surface area (Å²) in [6, 6.07) is 10.9. The van der Waals surface area contributed by atoms with Crippen LogP contribution in [0.5, 0.6) is 0 Å². The quantitative estimate of drug-likeness (QED) is 0.500. The van der Waals surface area contributed by atoms with E-state index in [0.717, 1.165) is 17.7 Å². The number of carbonyl (C=O) groups is 2. The minimum atomic E-state index is -0.332. The molecule has 1 aliphatic rings. The average Bonchev–Trinajstić information content (AvgIpc) is 3.46. The van der Waals surface area contributed by atoms with Crippen molar-refractivity contribution in [3.05, 3.63) is 59.2 Å². The molecule has 4 heterocycles. The zero-order valence-corrected chi connectivity index (χ0v) is 18.1. The first-order valence-corrected chi connectivity index (χ1v) is 10.5. The van der Waals surface area contributed by atoms with E-state index in [2.05, 4.69) is 15.5 Å². The van der Waals surface area contributed by atoms with Crippen molar-refractivity contribution in [2.24, 2.45) is 0 Å². The lowest BCUT2D eigenvalue weighted by Gasteiger charge is -2.20. The highest BCUT2D eigenvalue weighted by Crippen LogP contribution is 2.33. The van der Waals surface area contributed by atoms with Gasteiger partial charge in [0.1, 0.15) is 11.5 Å². The van der Waals surface area contributed by atoms with Gasteiger partial charge in [0.2, 0.25) is 5.91 Å². The van der Waals surface area contributed by atoms with Gasteiger partial charge >= 0.3 is 0 Å². The Labute approximate surface area is 184 Å². The number of aromatic nitrogens is 2. The third kappa shape index (κ3) is 3.33. The Morgan fingerprint density at radius 3 is 2.69 bits per heavy atom. The number of furan rings is 1. The summed E-state index contributed by atoms with van der Waals surface area (Å²) in [7, 11) is 0. The van der Waals surface area contributed by atoms with Gasteiger partial charge in [-0.1, -0.05) is 17.3 Å². The molecule has 0 unspecified atom stereocenters. The van der Waals surface area contributed by atoms with E-state index in [-0.39, 0.29) is 17.5 Å². The van der Waals surface area contributed by atoms with Crippen molar-refractivity contribution >= 4 is 34.3 Å². The fourth-order valence-corrected chi connectivity index (χ4v) is 4.20. The van der Waals surface area contributed by atoms with Crippen molar-refractivity contribution in [1.29, 1.82) is 0 Å². The maximum absolute atomic E-state index is 13.5. The van der Waals surface area contributed by atoms with Crippen LogP contribution in [-0.4, -0.2) is 28.5 Å². The number of amides is 2. The van der Waals surface area contributed by atoms with E-state index in [4.69, 9.17) is 8.94 Å². The van der Waals surface area contributed by atoms with Gasteiger partial charge in [0, 0.05) is 18.5 Å². The summed E-state index contributed by atoms with van der Waals surface area (Å²) in [5.74, 6) is 1.18. The summed E-state index contributed by atoms with van der Waals surface area (Å²) in [4.78, 5) is 32.0. The molecule has 1 N–H and O–H groups in total. The molecule has 0 atom stereocenters. The Kier molecular flexibility index (Phi) is 4.77. The SMILES string of the molecule is Cc1cc(-c2cc(C(=O)Nc3ccccc3N3CCCC3=O)c3c(C)noc3n2)c(C)o1. The van der Waals surface area contributed by atoms with Gasteiger partial charge in [0.05, 0.1) is 33.7 Å². The summed E-state index contributed by atoms with van der Waals surface area (Å²) in [5, 5.41) is 7.54. The van der Waals surface area contributed by atoms with Crippen molar-refractivity contribution < 1.29 is 18.5 Å². The van der Waals surface area contributed by atoms with Gasteiger partial charge in [-0.2, -0.15) is 0 Å². The van der Waals surface area contributed by atoms with E-state index in [1.165, 1.54) is 0 Å². The Bertz CT molecular complexity index is 1370. The van der Waals surface area contributed by atoms with Crippen LogP contribution in [0.1, 0.15) is 40.4 Å². The largest absolute Gasteiger partial charge is 0.466 e. The molecular formula is C24H22N4O4. The lowest BCUT2D eigenvalue weighted by molar-refractivity contribution is -0.117. The van der Waals surface area contributed by atoms with Crippen molar-refractivity contribution in [2.75, 3.05) is 16.8 Å². The van der Waals surface area contributed by atoms with Crippen LogP contribution in [0.25, 0.3) is 22.4 Å². The molecule has 32 heavy (non-hydrogen) atoms. The molecule has 1 aromatic carbocycles. The number of nitrogens with zero attached hydrogens (tertiary/aromatic N) is 3. The lowest BCUT2D eigenvalue weighted by atomic mass is 10.1. The van der Waals surface area contributed by atoms with E-state index >= 15 is 0 Å². The zero-order chi connectivity index (χ0) is 22.4. The first-order valence-electron chi connectivity index (χ1n) is 10.5. The summed E-state index contributed by atoms with van der Waals surface area (Å²) in [6.07, 6.45) is 1.32. The number of aryl methyl sites for hydroxylation is 3. The summed E-state index contributed by atoms with van der Waals surface area (Å²) >= 11 is 0. The number of carbonyl (C=O) groups excluding carboxylic acids is 2. The second kappa shape index (κ2) is 7.64. The fraction of sp³-hybridized carbons (Fsp3) is 0.250. The second-order valence-electron chi connectivity index (χ2n) is 7.95. The molecule has 0 aliphatic carbocycles. The first-order chi connectivity index (χ1) is 15.4. The van der Waals surface area contributed by atoms with Crippen LogP contribution in [0.2, 0.25) is 0 Å². The molecule has 0 spiro atoms. The maximum atomic E-state index is 13.5. The van der Waals surface area contributed by atoms with Crippen LogP contribution in [0, 0.1) is 20.8 Å². The normalized spacial score (nSPS) is 13.8. The Morgan fingerprint density at radius 2 is 1.97 bits per heavy atom. The minimum absolute atomic E-state index is 0.0565. The number of para-hydroxylation sites is 2. The molecular weight excluding hydrogens is 408 g/mol. The van der Waals surface area contributed by atoms with Crippen LogP contribution < -0.4 is 10.2 Å². The average molecular weight is 430 g/mol. The Morgan fingerprint density at radius 1 is 1.16 bits per heavy atom. The van der Waals surface area contributed by atoms with Gasteiger partial charge in [0.15, 0.2) is 0 Å². The maximum Gasteiger partial charge on any atom is 0.259 e. The molecule has 8 nitrogen and oxygen atoms in total. The highest BCUT2D eigenvalue weighted by atomic mass is 16.5. The molecule has 0 bridgehead atoms. The molecule has 162 valence electrons. The molecule has 1 saturated heterocycles. The fourth-order valence-electron chi connectivity index (χ4n) is 4.20. The van der Waals surface area contributed by atoms with Gasteiger partial charge in [-0.15, -0.1) is 0 Å². The zero-order valence-electron chi connectivity index (χ0n) is 18.1. The Balaban J connectivity index is 1.58. The monoisotopic (exact) mass is 430 g/mol. The summed E-state index contributed by atoms with van der Waals surface area (Å²) < 4.78 is 11.0. The van der Waals surface area contributed by atoms with Crippen LogP contribution >= 0.6 is 0 Å². The van der Waals surface area contributed by atoms with Gasteiger partial charge in [-0.25, -0.2) is 4.98 Å². The smallest absolute Gasteiger partial charge is 0.259 e. The predicted molar refractivity (Wildman–Crippen MR) is 120 cm³/mol. The number of benzene rings is 1. The minimum Gasteiger partial charge on any atom is -0.466 e. The van der Waals surface area contributed by atoms with E-state index in [9.17, 15) is 9.59 Å². The van der Waals surface area contributed by atoms with Crippen molar-refractivity contribution in [2.45, 2.75) is 33.6 Å². The number of hydrogen-bond donors (Lipinski definition) is 1. The van der Waals surface area contributed by atoms with Crippen LogP contribution in [0.3, 0.4) is 0 Å². The van der Waals surface area contributed by atoms with Crippen molar-refractivity contribution in [3.8, 4) is 11.3 Å². The van der Waals surface area contributed by atoms with Crippen molar-refractivity contribution in [1.82, 2.24) is 10.1 Å². The van der Waals surface area contributed by atoms with E-state index in [1.54, 1.807) is 24.0 Å². The third-order valence-electron chi connectivity index (χ3n) is 5.70. The number of pyridine rings is 1. The molecule has 1 aliphatic heterocycles. The number of fused-ring (bicyclic) bond motifs is 1. The first kappa shape index (κ1) is 20.0. The van der Waals surface area contributed by atoms with Gasteiger partial charge in [0.25, 0.3) is 11.6 Å². The van der Waals surface area contributed by atoms with Gasteiger partial charge < -0.3 is 19.2 Å². The molecule has 0 radical (unpaired) electrons. The number of anilines is 2. The molecule has 5 rings (SSSR count). The molecule has 0 saturated carbocycles. The second-order valence-corrected chi connectivity index (χ2v) is 7.95. The lowest BCUT2D eigenvalue weighted by Crippen LogP contribution is -2.25. The van der Waals surface area contributed by atoms with E-state index in [0.29, 0.717) is 52.4 Å². The van der Waals surface area contributed by atoms with Gasteiger partial charge in [-0.3, -0.25) is 9.59 Å². The number of rotatable bonds is 4. The highest BCUT2D eigenvalue weighted by Gasteiger charge is 2.26. The third-order valence-corrected chi connectivity index (χ3v) is 5.70. The molecule has 1 fully saturated rings. The predicted octanol–water partition coefficient (Wildman–Crippen LogP) is 4.79. The number of hydrogen-bond acceptors (Lipinski definition) is 6. The molecule has 4 aromatic rings. The standard InChI is InChI=1S/C24H22N4O4/c1-13-11-16(15(3)31-13)19-12-17(22-14(2)27-32-24(22)26-19)23(30)25-18-7-4-5-8-20(18)28-10-6-9-21(28)29/h4-5,7-8,11-12H,6,9-10H2,1-3H3,(H,25,30). The topological polar surface area (TPSA) is 101 Å². The van der Waals surface area contributed by atoms with E-state index < -0.39 is 0 Å². The van der Waals surface area contributed by atoms with Crippen molar-refractivity contribution in [3.63, 3.8) is 0 Å². The molecule has 3 aromatic heterocycles. The summed E-state index contributed by atoms with van der Waals surface area (Å²) in [5.41, 5.74) is 3.87. The number of nitrogens with one attached hydrogen (secondary N) is 1. The van der Waals surface area contributed by atoms with Crippen LogP contribution in [-0.2, 0) is 4.79 Å². The van der Waals surface area contributed by atoms with E-state index in [1.807, 2.05) is 38.1 Å². The Hall–Kier alpha value is -3.94. The summed E-state index contributed by atoms with van der Waals surface area (Å²) in [6.45, 7) is 6.12.